The molecule has 1 aliphatic heterocycles. The van der Waals surface area contributed by atoms with Gasteiger partial charge in [0.2, 0.25) is 0 Å². The molecule has 8 nitrogen and oxygen atoms in total. The maximum Gasteiger partial charge on any atom is 0.326 e. The number of aliphatic carboxylic acids is 1. The minimum atomic E-state index is -1.07. The molecule has 0 saturated carbocycles. The predicted octanol–water partition coefficient (Wildman–Crippen LogP) is -0.344. The summed E-state index contributed by atoms with van der Waals surface area (Å²) >= 11 is 0. The fraction of sp³-hybridized carbons (Fsp3) is 0.615. The fourth-order valence-corrected chi connectivity index (χ4v) is 2.46. The molecule has 116 valence electrons. The van der Waals surface area contributed by atoms with Gasteiger partial charge in [-0.1, -0.05) is 0 Å². The molecular formula is C13H21N5O3. The molecule has 2 amide bonds. The van der Waals surface area contributed by atoms with E-state index in [1.807, 2.05) is 7.05 Å². The van der Waals surface area contributed by atoms with Gasteiger partial charge in [-0.25, -0.2) is 14.6 Å². The van der Waals surface area contributed by atoms with Crippen LogP contribution in [0.5, 0.6) is 0 Å². The number of likely N-dealkylation sites (tertiary alicyclic amines) is 1. The fourth-order valence-electron chi connectivity index (χ4n) is 2.46. The molecule has 1 aliphatic rings. The van der Waals surface area contributed by atoms with E-state index in [-0.39, 0.29) is 6.42 Å². The first-order chi connectivity index (χ1) is 10.0. The normalized spacial score (nSPS) is 20.1. The molecule has 2 atom stereocenters. The molecule has 1 fully saturated rings. The van der Waals surface area contributed by atoms with E-state index in [0.29, 0.717) is 18.2 Å². The third kappa shape index (κ3) is 4.75. The molecule has 1 saturated heterocycles. The van der Waals surface area contributed by atoms with Gasteiger partial charge in [0, 0.05) is 31.4 Å². The Bertz CT molecular complexity index is 476. The summed E-state index contributed by atoms with van der Waals surface area (Å²) < 4.78 is 0. The van der Waals surface area contributed by atoms with Gasteiger partial charge in [-0.3, -0.25) is 0 Å². The number of nitrogens with one attached hydrogen (secondary N) is 3. The molecule has 2 rings (SSSR count). The van der Waals surface area contributed by atoms with Crippen molar-refractivity contribution in [2.75, 3.05) is 26.7 Å². The highest BCUT2D eigenvalue weighted by Gasteiger charge is 2.23. The highest BCUT2D eigenvalue weighted by atomic mass is 16.4. The first kappa shape index (κ1) is 15.3. The van der Waals surface area contributed by atoms with Crippen LogP contribution < -0.4 is 10.6 Å². The van der Waals surface area contributed by atoms with Gasteiger partial charge in [-0.15, -0.1) is 0 Å². The number of H-pyrrole nitrogens is 1. The number of imidazole rings is 1. The van der Waals surface area contributed by atoms with E-state index in [2.05, 4.69) is 25.5 Å². The third-order valence-electron chi connectivity index (χ3n) is 3.62. The van der Waals surface area contributed by atoms with Crippen LogP contribution in [0, 0.1) is 5.92 Å². The lowest BCUT2D eigenvalue weighted by Crippen LogP contribution is -2.48. The van der Waals surface area contributed by atoms with Gasteiger partial charge in [0.1, 0.15) is 6.04 Å². The topological polar surface area (TPSA) is 110 Å². The van der Waals surface area contributed by atoms with Crippen molar-refractivity contribution in [3.63, 3.8) is 0 Å². The molecule has 0 aromatic carbocycles. The van der Waals surface area contributed by atoms with Crippen LogP contribution >= 0.6 is 0 Å². The molecule has 8 heteroatoms. The lowest BCUT2D eigenvalue weighted by molar-refractivity contribution is -0.139. The molecular weight excluding hydrogens is 274 g/mol. The largest absolute Gasteiger partial charge is 0.480 e. The Morgan fingerprint density at radius 2 is 2.43 bits per heavy atom. The van der Waals surface area contributed by atoms with Crippen molar-refractivity contribution in [1.29, 1.82) is 0 Å². The molecule has 0 aliphatic carbocycles. The van der Waals surface area contributed by atoms with Crippen molar-refractivity contribution in [3.8, 4) is 0 Å². The van der Waals surface area contributed by atoms with Gasteiger partial charge in [-0.05, 0) is 25.9 Å². The van der Waals surface area contributed by atoms with Gasteiger partial charge in [0.25, 0.3) is 0 Å². The Hall–Kier alpha value is -2.09. The first-order valence-electron chi connectivity index (χ1n) is 6.97. The smallest absolute Gasteiger partial charge is 0.326 e. The van der Waals surface area contributed by atoms with Crippen LogP contribution in [0.4, 0.5) is 4.79 Å². The molecule has 4 N–H and O–H groups in total. The molecule has 1 aromatic rings. The van der Waals surface area contributed by atoms with E-state index in [1.165, 1.54) is 6.33 Å². The number of amides is 2. The van der Waals surface area contributed by atoms with E-state index in [4.69, 9.17) is 5.11 Å². The van der Waals surface area contributed by atoms with Crippen LogP contribution in [0.2, 0.25) is 0 Å². The zero-order valence-electron chi connectivity index (χ0n) is 12.0. The molecule has 0 spiro atoms. The third-order valence-corrected chi connectivity index (χ3v) is 3.62. The van der Waals surface area contributed by atoms with Crippen molar-refractivity contribution in [3.05, 3.63) is 18.2 Å². The Morgan fingerprint density at radius 1 is 1.62 bits per heavy atom. The predicted molar refractivity (Wildman–Crippen MR) is 75.9 cm³/mol. The quantitative estimate of drug-likeness (QED) is 0.574. The maximum absolute atomic E-state index is 11.8. The zero-order chi connectivity index (χ0) is 15.2. The van der Waals surface area contributed by atoms with Crippen molar-refractivity contribution in [2.45, 2.75) is 18.9 Å². The Morgan fingerprint density at radius 3 is 3.00 bits per heavy atom. The van der Waals surface area contributed by atoms with Crippen molar-refractivity contribution in [2.24, 2.45) is 5.92 Å². The van der Waals surface area contributed by atoms with Crippen molar-refractivity contribution < 1.29 is 14.7 Å². The lowest BCUT2D eigenvalue weighted by atomic mass is 10.1. The van der Waals surface area contributed by atoms with Crippen LogP contribution in [0.15, 0.2) is 12.5 Å². The summed E-state index contributed by atoms with van der Waals surface area (Å²) in [7, 11) is 2.05. The summed E-state index contributed by atoms with van der Waals surface area (Å²) in [4.78, 5) is 31.8. The summed E-state index contributed by atoms with van der Waals surface area (Å²) in [5, 5.41) is 14.4. The zero-order valence-corrected chi connectivity index (χ0v) is 12.0. The van der Waals surface area contributed by atoms with Crippen LogP contribution in [0.25, 0.3) is 0 Å². The number of aromatic amines is 1. The van der Waals surface area contributed by atoms with E-state index < -0.39 is 18.0 Å². The summed E-state index contributed by atoms with van der Waals surface area (Å²) in [5.74, 6) is -0.642. The van der Waals surface area contributed by atoms with E-state index >= 15 is 0 Å². The number of nitrogens with zero attached hydrogens (tertiary/aromatic N) is 2. The number of carbonyl (C=O) groups is 2. The highest BCUT2D eigenvalue weighted by molar-refractivity contribution is 5.82. The minimum Gasteiger partial charge on any atom is -0.480 e. The number of carboxylic acids is 1. The number of aromatic nitrogens is 2. The van der Waals surface area contributed by atoms with Gasteiger partial charge in [0.05, 0.1) is 6.33 Å². The SMILES string of the molecule is CN1CCC(CNC(=O)N[C@H](Cc2cnc[nH]2)C(=O)O)C1. The summed E-state index contributed by atoms with van der Waals surface area (Å²) in [5.41, 5.74) is 0.667. The number of hydrogen-bond acceptors (Lipinski definition) is 4. The molecule has 1 unspecified atom stereocenters. The van der Waals surface area contributed by atoms with Crippen LogP contribution in [0.1, 0.15) is 12.1 Å². The van der Waals surface area contributed by atoms with Crippen LogP contribution in [-0.2, 0) is 11.2 Å². The second-order valence-corrected chi connectivity index (χ2v) is 5.44. The summed E-state index contributed by atoms with van der Waals surface area (Å²) in [6.07, 6.45) is 4.25. The Kier molecular flexibility index (Phi) is 5.15. The molecule has 0 radical (unpaired) electrons. The Labute approximate surface area is 122 Å². The monoisotopic (exact) mass is 295 g/mol. The van der Waals surface area contributed by atoms with Crippen molar-refractivity contribution in [1.82, 2.24) is 25.5 Å². The second kappa shape index (κ2) is 7.07. The number of carboxylic acid groups (broad SMARTS) is 1. The average Bonchev–Trinajstić information content (AvgIpc) is 3.07. The van der Waals surface area contributed by atoms with Gasteiger partial charge in [-0.2, -0.15) is 0 Å². The maximum atomic E-state index is 11.8. The molecule has 1 aromatic heterocycles. The summed E-state index contributed by atoms with van der Waals surface area (Å²) in [6.45, 7) is 2.55. The van der Waals surface area contributed by atoms with Crippen LogP contribution in [-0.4, -0.2) is 64.7 Å². The highest BCUT2D eigenvalue weighted by Crippen LogP contribution is 2.12. The minimum absolute atomic E-state index is 0.176. The molecule has 0 bridgehead atoms. The van der Waals surface area contributed by atoms with E-state index in [9.17, 15) is 9.59 Å². The van der Waals surface area contributed by atoms with Crippen LogP contribution in [0.3, 0.4) is 0 Å². The molecule has 2 heterocycles. The molecule has 21 heavy (non-hydrogen) atoms. The van der Waals surface area contributed by atoms with Crippen molar-refractivity contribution >= 4 is 12.0 Å². The number of rotatable bonds is 6. The van der Waals surface area contributed by atoms with Gasteiger partial charge in [0.15, 0.2) is 0 Å². The van der Waals surface area contributed by atoms with E-state index in [0.717, 1.165) is 19.5 Å². The number of hydrogen-bond donors (Lipinski definition) is 4. The lowest BCUT2D eigenvalue weighted by Gasteiger charge is -2.16. The summed E-state index contributed by atoms with van der Waals surface area (Å²) in [6, 6.07) is -1.42. The van der Waals surface area contributed by atoms with E-state index in [1.54, 1.807) is 6.20 Å². The average molecular weight is 295 g/mol. The van der Waals surface area contributed by atoms with Gasteiger partial charge >= 0.3 is 12.0 Å². The standard InChI is InChI=1S/C13H21N5O3/c1-18-3-2-9(7-18)5-15-13(21)17-11(12(19)20)4-10-6-14-8-16-10/h6,8-9,11H,2-5,7H2,1H3,(H,14,16)(H,19,20)(H2,15,17,21)/t9?,11-/m1/s1. The van der Waals surface area contributed by atoms with Gasteiger partial charge < -0.3 is 25.6 Å². The number of carbonyl (C=O) groups excluding carboxylic acids is 1. The Balaban J connectivity index is 1.77. The number of urea groups is 1. The second-order valence-electron chi connectivity index (χ2n) is 5.44. The first-order valence-corrected chi connectivity index (χ1v) is 6.97.